The highest BCUT2D eigenvalue weighted by Gasteiger charge is 2.52. The number of ether oxygens (including phenoxy) is 1. The Hall–Kier alpha value is -2.24. The van der Waals surface area contributed by atoms with E-state index in [1.54, 1.807) is 12.1 Å². The first kappa shape index (κ1) is 22.9. The van der Waals surface area contributed by atoms with Gasteiger partial charge in [0.15, 0.2) is 0 Å². The summed E-state index contributed by atoms with van der Waals surface area (Å²) in [4.78, 5) is 24.4. The normalized spacial score (nSPS) is 24.2. The molecule has 2 N–H and O–H groups in total. The molecule has 5 nitrogen and oxygen atoms in total. The van der Waals surface area contributed by atoms with Gasteiger partial charge < -0.3 is 15.2 Å². The van der Waals surface area contributed by atoms with E-state index in [0.29, 0.717) is 17.9 Å². The number of anilines is 1. The molecule has 3 aliphatic rings. The van der Waals surface area contributed by atoms with E-state index in [0.717, 1.165) is 50.7 Å². The first-order valence-electron chi connectivity index (χ1n) is 11.0. The van der Waals surface area contributed by atoms with Crippen molar-refractivity contribution in [3.63, 3.8) is 0 Å². The molecular formula is C25H27Cl2NO4. The maximum atomic E-state index is 13.3. The van der Waals surface area contributed by atoms with Crippen molar-refractivity contribution in [2.45, 2.75) is 51.4 Å². The Bertz CT molecular complexity index is 984. The first-order valence-corrected chi connectivity index (χ1v) is 11.8. The molecule has 0 aromatic heterocycles. The molecular weight excluding hydrogens is 449 g/mol. The third kappa shape index (κ3) is 4.89. The summed E-state index contributed by atoms with van der Waals surface area (Å²) in [7, 11) is 0. The third-order valence-corrected chi connectivity index (χ3v) is 8.07. The fourth-order valence-electron chi connectivity index (χ4n) is 5.15. The van der Waals surface area contributed by atoms with Gasteiger partial charge in [0.2, 0.25) is 5.91 Å². The topological polar surface area (TPSA) is 75.6 Å². The van der Waals surface area contributed by atoms with Gasteiger partial charge in [0.25, 0.3) is 0 Å². The number of fused-ring (bicyclic) bond motifs is 3. The van der Waals surface area contributed by atoms with Crippen LogP contribution < -0.4 is 10.1 Å². The van der Waals surface area contributed by atoms with Gasteiger partial charge in [0.1, 0.15) is 5.75 Å². The van der Waals surface area contributed by atoms with Crippen LogP contribution in [0.4, 0.5) is 5.69 Å². The van der Waals surface area contributed by atoms with Crippen molar-refractivity contribution in [1.82, 2.24) is 0 Å². The van der Waals surface area contributed by atoms with Gasteiger partial charge in [0, 0.05) is 11.1 Å². The highest BCUT2D eigenvalue weighted by Crippen LogP contribution is 2.58. The average molecular weight is 476 g/mol. The summed E-state index contributed by atoms with van der Waals surface area (Å²) in [6, 6.07) is 13.1. The van der Waals surface area contributed by atoms with Crippen LogP contribution in [0.5, 0.6) is 5.75 Å². The van der Waals surface area contributed by atoms with Crippen LogP contribution >= 0.6 is 23.2 Å². The summed E-state index contributed by atoms with van der Waals surface area (Å²) < 4.78 is 5.92. The van der Waals surface area contributed by atoms with Crippen LogP contribution in [0.2, 0.25) is 10.0 Å². The van der Waals surface area contributed by atoms with Crippen molar-refractivity contribution < 1.29 is 19.4 Å². The van der Waals surface area contributed by atoms with Crippen molar-refractivity contribution in [2.24, 2.45) is 10.8 Å². The summed E-state index contributed by atoms with van der Waals surface area (Å²) in [5.41, 5.74) is 0.772. The summed E-state index contributed by atoms with van der Waals surface area (Å²) in [5.74, 6) is -0.115. The molecule has 5 rings (SSSR count). The monoisotopic (exact) mass is 475 g/mol. The molecule has 32 heavy (non-hydrogen) atoms. The lowest BCUT2D eigenvalue weighted by Crippen LogP contribution is -2.48. The number of aliphatic carboxylic acids is 1. The zero-order valence-electron chi connectivity index (χ0n) is 17.8. The van der Waals surface area contributed by atoms with Crippen LogP contribution in [0.15, 0.2) is 42.5 Å². The van der Waals surface area contributed by atoms with Gasteiger partial charge in [-0.05, 0) is 80.2 Å². The zero-order chi connectivity index (χ0) is 22.8. The maximum Gasteiger partial charge on any atom is 0.307 e. The van der Waals surface area contributed by atoms with Crippen molar-refractivity contribution in [3.8, 4) is 5.75 Å². The number of rotatable bonds is 8. The molecule has 2 bridgehead atoms. The minimum absolute atomic E-state index is 0.00833. The molecule has 7 heteroatoms. The lowest BCUT2D eigenvalue weighted by molar-refractivity contribution is -0.136. The maximum absolute atomic E-state index is 13.3. The van der Waals surface area contributed by atoms with Crippen molar-refractivity contribution >= 4 is 40.8 Å². The van der Waals surface area contributed by atoms with Crippen LogP contribution in [0, 0.1) is 10.8 Å². The van der Waals surface area contributed by atoms with Gasteiger partial charge in [-0.25, -0.2) is 0 Å². The molecule has 0 unspecified atom stereocenters. The van der Waals surface area contributed by atoms with E-state index in [1.165, 1.54) is 0 Å². The Balaban J connectivity index is 1.36. The molecule has 0 saturated heterocycles. The zero-order valence-corrected chi connectivity index (χ0v) is 19.3. The van der Waals surface area contributed by atoms with Crippen molar-refractivity contribution in [2.75, 3.05) is 11.9 Å². The standard InChI is InChI=1S/C25H27Cl2NO4/c26-20-16-18(14-17(22(20)27)15-21(29)30)28-23(31)25-9-6-24(7-10-25,8-11-25)12-13-32-19-4-2-1-3-5-19/h1-5,14,16H,6-13,15H2,(H,28,31)(H,29,30). The van der Waals surface area contributed by atoms with Crippen LogP contribution in [-0.2, 0) is 16.0 Å². The SMILES string of the molecule is O=C(O)Cc1cc(NC(=O)C23CCC(CCOc4ccccc4)(CC2)CC3)cc(Cl)c1Cl. The number of carboxylic acids is 1. The summed E-state index contributed by atoms with van der Waals surface area (Å²) >= 11 is 12.3. The summed E-state index contributed by atoms with van der Waals surface area (Å²) in [6.07, 6.45) is 6.37. The number of hydrogen-bond acceptors (Lipinski definition) is 3. The number of para-hydroxylation sites is 1. The predicted molar refractivity (Wildman–Crippen MR) is 126 cm³/mol. The van der Waals surface area contributed by atoms with E-state index < -0.39 is 5.97 Å². The number of carbonyl (C=O) groups excluding carboxylic acids is 1. The van der Waals surface area contributed by atoms with Gasteiger partial charge in [-0.3, -0.25) is 9.59 Å². The Morgan fingerprint density at radius 1 is 1.00 bits per heavy atom. The Labute approximate surface area is 198 Å². The average Bonchev–Trinajstić information content (AvgIpc) is 2.78. The van der Waals surface area contributed by atoms with E-state index >= 15 is 0 Å². The number of benzene rings is 2. The van der Waals surface area contributed by atoms with E-state index in [2.05, 4.69) is 5.32 Å². The molecule has 170 valence electrons. The quantitative estimate of drug-likeness (QED) is 0.464. The molecule has 0 aliphatic heterocycles. The molecule has 3 aliphatic carbocycles. The highest BCUT2D eigenvalue weighted by molar-refractivity contribution is 6.42. The Morgan fingerprint density at radius 2 is 1.66 bits per heavy atom. The second-order valence-electron chi connectivity index (χ2n) is 9.15. The van der Waals surface area contributed by atoms with Crippen molar-refractivity contribution in [3.05, 3.63) is 58.1 Å². The van der Waals surface area contributed by atoms with Crippen LogP contribution in [0.1, 0.15) is 50.5 Å². The largest absolute Gasteiger partial charge is 0.494 e. The molecule has 0 atom stereocenters. The lowest BCUT2D eigenvalue weighted by atomic mass is 9.52. The van der Waals surface area contributed by atoms with E-state index in [1.807, 2.05) is 30.3 Å². The smallest absolute Gasteiger partial charge is 0.307 e. The van der Waals surface area contributed by atoms with Gasteiger partial charge in [0.05, 0.1) is 23.1 Å². The molecule has 0 spiro atoms. The number of halogens is 2. The van der Waals surface area contributed by atoms with Gasteiger partial charge in [-0.15, -0.1) is 0 Å². The number of hydrogen-bond donors (Lipinski definition) is 2. The molecule has 2 aromatic rings. The molecule has 0 radical (unpaired) electrons. The minimum atomic E-state index is -1.00. The van der Waals surface area contributed by atoms with E-state index in [-0.39, 0.29) is 33.2 Å². The summed E-state index contributed by atoms with van der Waals surface area (Å²) in [5, 5.41) is 12.5. The second kappa shape index (κ2) is 9.32. The fourth-order valence-corrected chi connectivity index (χ4v) is 5.57. The Morgan fingerprint density at radius 3 is 2.28 bits per heavy atom. The third-order valence-electron chi connectivity index (χ3n) is 7.23. The van der Waals surface area contributed by atoms with Crippen LogP contribution in [0.3, 0.4) is 0 Å². The molecule has 0 heterocycles. The van der Waals surface area contributed by atoms with E-state index in [9.17, 15) is 9.59 Å². The lowest BCUT2D eigenvalue weighted by Gasteiger charge is -2.52. The molecule has 3 fully saturated rings. The molecule has 3 saturated carbocycles. The highest BCUT2D eigenvalue weighted by atomic mass is 35.5. The van der Waals surface area contributed by atoms with Crippen LogP contribution in [0.25, 0.3) is 0 Å². The number of carbonyl (C=O) groups is 2. The number of carboxylic acid groups (broad SMARTS) is 1. The fraction of sp³-hybridized carbons (Fsp3) is 0.440. The number of nitrogens with one attached hydrogen (secondary N) is 1. The van der Waals surface area contributed by atoms with Crippen molar-refractivity contribution in [1.29, 1.82) is 0 Å². The minimum Gasteiger partial charge on any atom is -0.494 e. The van der Waals surface area contributed by atoms with Crippen LogP contribution in [-0.4, -0.2) is 23.6 Å². The van der Waals surface area contributed by atoms with Gasteiger partial charge in [-0.2, -0.15) is 0 Å². The van der Waals surface area contributed by atoms with Gasteiger partial charge >= 0.3 is 5.97 Å². The predicted octanol–water partition coefficient (Wildman–Crippen LogP) is 6.37. The molecule has 2 aromatic carbocycles. The van der Waals surface area contributed by atoms with Gasteiger partial charge in [-0.1, -0.05) is 41.4 Å². The number of amides is 1. The summed E-state index contributed by atoms with van der Waals surface area (Å²) in [6.45, 7) is 0.693. The second-order valence-corrected chi connectivity index (χ2v) is 9.93. The first-order chi connectivity index (χ1) is 15.3. The Kier molecular flexibility index (Phi) is 6.68. The molecule has 1 amide bonds. The van der Waals surface area contributed by atoms with E-state index in [4.69, 9.17) is 33.0 Å².